The quantitative estimate of drug-likeness (QED) is 0.785. The van der Waals surface area contributed by atoms with Crippen molar-refractivity contribution in [3.8, 4) is 5.75 Å². The van der Waals surface area contributed by atoms with Gasteiger partial charge in [-0.2, -0.15) is 0 Å². The van der Waals surface area contributed by atoms with Gasteiger partial charge in [-0.3, -0.25) is 4.79 Å². The van der Waals surface area contributed by atoms with Crippen LogP contribution >= 0.6 is 0 Å². The molecule has 5 rings (SSSR count). The lowest BCUT2D eigenvalue weighted by Crippen LogP contribution is -2.47. The van der Waals surface area contributed by atoms with E-state index in [0.717, 1.165) is 37.9 Å². The van der Waals surface area contributed by atoms with Crippen LogP contribution in [0.25, 0.3) is 0 Å². The number of benzene rings is 1. The third-order valence-corrected chi connectivity index (χ3v) is 6.14. The predicted octanol–water partition coefficient (Wildman–Crippen LogP) is 2.36. The lowest BCUT2D eigenvalue weighted by Gasteiger charge is -2.32. The number of hydrogen-bond acceptors (Lipinski definition) is 4. The summed E-state index contributed by atoms with van der Waals surface area (Å²) in [5, 5.41) is 0. The molecule has 2 N–H and O–H groups in total. The van der Waals surface area contributed by atoms with Gasteiger partial charge < -0.3 is 20.1 Å². The van der Waals surface area contributed by atoms with Gasteiger partial charge in [-0.15, -0.1) is 0 Å². The minimum Gasteiger partial charge on any atom is -0.483 e. The second kappa shape index (κ2) is 6.96. The molecule has 1 aromatic rings. The molecule has 3 aliphatic heterocycles. The summed E-state index contributed by atoms with van der Waals surface area (Å²) in [7, 11) is 0. The Morgan fingerprint density at radius 1 is 1.16 bits per heavy atom. The van der Waals surface area contributed by atoms with E-state index in [1.54, 1.807) is 0 Å². The van der Waals surface area contributed by atoms with Gasteiger partial charge in [0.05, 0.1) is 18.8 Å². The van der Waals surface area contributed by atoms with Crippen LogP contribution in [0.15, 0.2) is 18.2 Å². The highest BCUT2D eigenvalue weighted by Gasteiger charge is 2.37. The van der Waals surface area contributed by atoms with Crippen molar-refractivity contribution >= 4 is 5.91 Å². The van der Waals surface area contributed by atoms with Crippen molar-refractivity contribution in [2.45, 2.75) is 63.1 Å². The SMILES string of the molecule is Cc1cccc2c1C1CCC(CC1)OCC1C(N)CCN1C(=O)CO2. The van der Waals surface area contributed by atoms with Gasteiger partial charge in [-0.1, -0.05) is 12.1 Å². The maximum atomic E-state index is 12.7. The fourth-order valence-corrected chi connectivity index (χ4v) is 4.68. The van der Waals surface area contributed by atoms with Crippen LogP contribution in [0.2, 0.25) is 0 Å². The molecule has 136 valence electrons. The second-order valence-electron chi connectivity index (χ2n) is 7.69. The molecule has 1 aliphatic carbocycles. The Kier molecular flexibility index (Phi) is 4.69. The maximum Gasteiger partial charge on any atom is 0.260 e. The largest absolute Gasteiger partial charge is 0.483 e. The summed E-state index contributed by atoms with van der Waals surface area (Å²) in [5.74, 6) is 1.38. The van der Waals surface area contributed by atoms with E-state index in [0.29, 0.717) is 19.1 Å². The number of carbonyl (C=O) groups is 1. The third kappa shape index (κ3) is 3.27. The summed E-state index contributed by atoms with van der Waals surface area (Å²) >= 11 is 0. The van der Waals surface area contributed by atoms with Crippen molar-refractivity contribution in [1.82, 2.24) is 4.90 Å². The van der Waals surface area contributed by atoms with Crippen LogP contribution in [-0.4, -0.2) is 48.8 Å². The Labute approximate surface area is 149 Å². The first-order valence-corrected chi connectivity index (χ1v) is 9.52. The van der Waals surface area contributed by atoms with Crippen LogP contribution < -0.4 is 10.5 Å². The summed E-state index contributed by atoms with van der Waals surface area (Å²) in [6.45, 7) is 3.47. The average Bonchev–Trinajstić information content (AvgIpc) is 2.99. The Balaban J connectivity index is 1.64. The first kappa shape index (κ1) is 16.9. The lowest BCUT2D eigenvalue weighted by atomic mass is 9.80. The molecule has 0 spiro atoms. The van der Waals surface area contributed by atoms with E-state index in [9.17, 15) is 4.79 Å². The molecular formula is C20H28N2O3. The smallest absolute Gasteiger partial charge is 0.260 e. The van der Waals surface area contributed by atoms with Crippen LogP contribution in [-0.2, 0) is 9.53 Å². The van der Waals surface area contributed by atoms with Crippen molar-refractivity contribution in [1.29, 1.82) is 0 Å². The highest BCUT2D eigenvalue weighted by molar-refractivity contribution is 5.78. The standard InChI is InChI=1S/C20H28N2O3/c1-13-3-2-4-18-20(13)14-5-7-15(8-6-14)24-11-17-16(21)9-10-22(17)19(23)12-25-18/h2-4,14-17H,5-12,21H2,1H3. The Hall–Kier alpha value is -1.59. The molecule has 0 radical (unpaired) electrons. The van der Waals surface area contributed by atoms with Gasteiger partial charge >= 0.3 is 0 Å². The van der Waals surface area contributed by atoms with Crippen molar-refractivity contribution in [3.63, 3.8) is 0 Å². The lowest BCUT2D eigenvalue weighted by molar-refractivity contribution is -0.136. The molecule has 5 heteroatoms. The zero-order valence-electron chi connectivity index (χ0n) is 14.9. The molecule has 2 atom stereocenters. The van der Waals surface area contributed by atoms with Crippen LogP contribution in [0.3, 0.4) is 0 Å². The van der Waals surface area contributed by atoms with E-state index in [1.807, 2.05) is 17.0 Å². The fraction of sp³-hybridized carbons (Fsp3) is 0.650. The molecule has 2 unspecified atom stereocenters. The van der Waals surface area contributed by atoms with Crippen molar-refractivity contribution in [2.75, 3.05) is 19.8 Å². The first-order chi connectivity index (χ1) is 12.1. The fourth-order valence-electron chi connectivity index (χ4n) is 4.68. The number of rotatable bonds is 0. The highest BCUT2D eigenvalue weighted by Crippen LogP contribution is 2.40. The van der Waals surface area contributed by atoms with E-state index in [-0.39, 0.29) is 30.7 Å². The number of nitrogens with zero attached hydrogens (tertiary/aromatic N) is 1. The van der Waals surface area contributed by atoms with Gasteiger partial charge in [-0.05, 0) is 56.6 Å². The summed E-state index contributed by atoms with van der Waals surface area (Å²) in [6.07, 6.45) is 5.47. The van der Waals surface area contributed by atoms with E-state index >= 15 is 0 Å². The highest BCUT2D eigenvalue weighted by atomic mass is 16.5. The molecule has 0 aromatic heterocycles. The van der Waals surface area contributed by atoms with E-state index in [2.05, 4.69) is 13.0 Å². The number of ether oxygens (including phenoxy) is 2. The molecule has 1 amide bonds. The Bertz CT molecular complexity index is 640. The maximum absolute atomic E-state index is 12.7. The molecule has 25 heavy (non-hydrogen) atoms. The zero-order chi connectivity index (χ0) is 17.4. The Morgan fingerprint density at radius 3 is 2.76 bits per heavy atom. The zero-order valence-corrected chi connectivity index (χ0v) is 14.9. The minimum absolute atomic E-state index is 0.0000483. The van der Waals surface area contributed by atoms with Crippen molar-refractivity contribution in [3.05, 3.63) is 29.3 Å². The second-order valence-corrected chi connectivity index (χ2v) is 7.69. The molecule has 1 saturated heterocycles. The topological polar surface area (TPSA) is 64.8 Å². The van der Waals surface area contributed by atoms with Crippen LogP contribution in [0.1, 0.15) is 49.1 Å². The number of amides is 1. The number of hydrogen-bond donors (Lipinski definition) is 1. The molecule has 2 fully saturated rings. The number of fused-ring (bicyclic) bond motifs is 5. The molecule has 5 nitrogen and oxygen atoms in total. The Morgan fingerprint density at radius 2 is 1.96 bits per heavy atom. The van der Waals surface area contributed by atoms with Crippen LogP contribution in [0, 0.1) is 6.92 Å². The van der Waals surface area contributed by atoms with E-state index < -0.39 is 0 Å². The third-order valence-electron chi connectivity index (χ3n) is 6.14. The number of carbonyl (C=O) groups excluding carboxylic acids is 1. The molecule has 1 aromatic carbocycles. The molecule has 4 aliphatic rings. The van der Waals surface area contributed by atoms with Gasteiger partial charge in [0, 0.05) is 18.2 Å². The van der Waals surface area contributed by atoms with E-state index in [1.165, 1.54) is 11.1 Å². The van der Waals surface area contributed by atoms with Gasteiger partial charge in [-0.25, -0.2) is 0 Å². The van der Waals surface area contributed by atoms with Gasteiger partial charge in [0.25, 0.3) is 5.91 Å². The van der Waals surface area contributed by atoms with E-state index in [4.69, 9.17) is 15.2 Å². The normalized spacial score (nSPS) is 32.9. The first-order valence-electron chi connectivity index (χ1n) is 9.52. The number of aryl methyl sites for hydroxylation is 1. The molecule has 2 bridgehead atoms. The van der Waals surface area contributed by atoms with Gasteiger partial charge in [0.1, 0.15) is 5.75 Å². The van der Waals surface area contributed by atoms with Crippen LogP contribution in [0.4, 0.5) is 0 Å². The molecular weight excluding hydrogens is 316 g/mol. The monoisotopic (exact) mass is 344 g/mol. The summed E-state index contributed by atoms with van der Waals surface area (Å²) in [6, 6.07) is 6.14. The average molecular weight is 344 g/mol. The van der Waals surface area contributed by atoms with Crippen molar-refractivity contribution in [2.24, 2.45) is 5.73 Å². The van der Waals surface area contributed by atoms with Crippen molar-refractivity contribution < 1.29 is 14.3 Å². The van der Waals surface area contributed by atoms with Gasteiger partial charge in [0.2, 0.25) is 0 Å². The minimum atomic E-state index is -0.0217. The molecule has 1 saturated carbocycles. The molecule has 3 heterocycles. The number of nitrogens with two attached hydrogens (primary N) is 1. The summed E-state index contributed by atoms with van der Waals surface area (Å²) < 4.78 is 12.2. The predicted molar refractivity (Wildman–Crippen MR) is 95.7 cm³/mol. The van der Waals surface area contributed by atoms with Gasteiger partial charge in [0.15, 0.2) is 6.61 Å². The summed E-state index contributed by atoms with van der Waals surface area (Å²) in [4.78, 5) is 14.6. The van der Waals surface area contributed by atoms with Crippen LogP contribution in [0.5, 0.6) is 5.75 Å². The summed E-state index contributed by atoms with van der Waals surface area (Å²) in [5.41, 5.74) is 8.78.